The molecule has 0 aromatic heterocycles. The molecule has 1 atom stereocenters. The fourth-order valence-corrected chi connectivity index (χ4v) is 3.55. The van der Waals surface area contributed by atoms with Crippen LogP contribution < -0.4 is 0 Å². The van der Waals surface area contributed by atoms with Crippen molar-refractivity contribution < 1.29 is 23.1 Å². The van der Waals surface area contributed by atoms with E-state index in [0.29, 0.717) is 19.7 Å². The summed E-state index contributed by atoms with van der Waals surface area (Å²) in [5.41, 5.74) is 0. The van der Waals surface area contributed by atoms with Crippen LogP contribution >= 0.6 is 0 Å². The zero-order valence-electron chi connectivity index (χ0n) is 9.96. The summed E-state index contributed by atoms with van der Waals surface area (Å²) >= 11 is 0. The van der Waals surface area contributed by atoms with Gasteiger partial charge >= 0.3 is 5.97 Å². The van der Waals surface area contributed by atoms with Crippen LogP contribution in [-0.2, 0) is 19.6 Å². The number of methoxy groups -OCH3 is 1. The molecule has 7 heteroatoms. The van der Waals surface area contributed by atoms with Crippen LogP contribution in [0, 0.1) is 5.92 Å². The number of hydrogen-bond donors (Lipinski definition) is 1. The van der Waals surface area contributed by atoms with Crippen molar-refractivity contribution in [2.75, 3.05) is 32.6 Å². The molecule has 6 nitrogen and oxygen atoms in total. The summed E-state index contributed by atoms with van der Waals surface area (Å²) in [5.74, 6) is -0.785. The van der Waals surface area contributed by atoms with Crippen LogP contribution in [0.4, 0.5) is 0 Å². The van der Waals surface area contributed by atoms with Crippen LogP contribution in [-0.4, -0.2) is 56.4 Å². The van der Waals surface area contributed by atoms with Gasteiger partial charge in [-0.3, -0.25) is 4.79 Å². The van der Waals surface area contributed by atoms with Gasteiger partial charge in [-0.05, 0) is 18.8 Å². The quantitative estimate of drug-likeness (QED) is 0.708. The lowest BCUT2D eigenvalue weighted by Crippen LogP contribution is -2.31. The van der Waals surface area contributed by atoms with Gasteiger partial charge in [-0.25, -0.2) is 12.7 Å². The Morgan fingerprint density at radius 1 is 1.53 bits per heavy atom. The van der Waals surface area contributed by atoms with Gasteiger partial charge in [0, 0.05) is 26.6 Å². The molecular formula is C10H19NO5S. The number of carboxylic acids is 1. The van der Waals surface area contributed by atoms with Crippen molar-refractivity contribution in [1.82, 2.24) is 4.31 Å². The van der Waals surface area contributed by atoms with E-state index in [1.165, 1.54) is 4.31 Å². The molecule has 0 radical (unpaired) electrons. The Bertz CT molecular complexity index is 354. The predicted molar refractivity (Wildman–Crippen MR) is 62.2 cm³/mol. The monoisotopic (exact) mass is 265 g/mol. The summed E-state index contributed by atoms with van der Waals surface area (Å²) in [6.45, 7) is 1.58. The topological polar surface area (TPSA) is 83.9 Å². The highest BCUT2D eigenvalue weighted by Gasteiger charge is 2.30. The number of carbonyl (C=O) groups is 1. The van der Waals surface area contributed by atoms with Crippen LogP contribution in [0.1, 0.15) is 19.3 Å². The average molecular weight is 265 g/mol. The van der Waals surface area contributed by atoms with Crippen LogP contribution in [0.25, 0.3) is 0 Å². The SMILES string of the molecule is COCC1CCN(S(=O)(=O)CCCC(=O)O)C1. The van der Waals surface area contributed by atoms with Gasteiger partial charge in [0.25, 0.3) is 0 Å². The number of ether oxygens (including phenoxy) is 1. The second kappa shape index (κ2) is 6.32. The van der Waals surface area contributed by atoms with Crippen LogP contribution in [0.15, 0.2) is 0 Å². The molecule has 0 spiro atoms. The maximum absolute atomic E-state index is 11.9. The van der Waals surface area contributed by atoms with Crippen molar-refractivity contribution in [2.45, 2.75) is 19.3 Å². The van der Waals surface area contributed by atoms with E-state index in [9.17, 15) is 13.2 Å². The molecule has 1 fully saturated rings. The molecule has 1 N–H and O–H groups in total. The Labute approximate surface area is 102 Å². The van der Waals surface area contributed by atoms with Gasteiger partial charge in [-0.2, -0.15) is 0 Å². The summed E-state index contributed by atoms with van der Waals surface area (Å²) in [6, 6.07) is 0. The first-order valence-electron chi connectivity index (χ1n) is 5.64. The Balaban J connectivity index is 2.40. The smallest absolute Gasteiger partial charge is 0.303 e. The number of nitrogens with zero attached hydrogens (tertiary/aromatic N) is 1. The first-order valence-corrected chi connectivity index (χ1v) is 7.25. The van der Waals surface area contributed by atoms with E-state index in [0.717, 1.165) is 6.42 Å². The molecule has 0 bridgehead atoms. The predicted octanol–water partition coefficient (Wildman–Crippen LogP) is 0.149. The molecule has 1 heterocycles. The van der Waals surface area contributed by atoms with Gasteiger partial charge in [0.1, 0.15) is 0 Å². The van der Waals surface area contributed by atoms with Gasteiger partial charge in [-0.1, -0.05) is 0 Å². The van der Waals surface area contributed by atoms with Crippen LogP contribution in [0.3, 0.4) is 0 Å². The molecule has 0 aromatic rings. The molecule has 1 aliphatic rings. The highest BCUT2D eigenvalue weighted by atomic mass is 32.2. The first kappa shape index (κ1) is 14.4. The van der Waals surface area contributed by atoms with E-state index in [1.54, 1.807) is 7.11 Å². The average Bonchev–Trinajstić information content (AvgIpc) is 2.66. The lowest BCUT2D eigenvalue weighted by Gasteiger charge is -2.16. The number of sulfonamides is 1. The zero-order chi connectivity index (χ0) is 12.9. The normalized spacial score (nSPS) is 21.8. The maximum Gasteiger partial charge on any atom is 0.303 e. The summed E-state index contributed by atoms with van der Waals surface area (Å²) in [5, 5.41) is 8.46. The third-order valence-electron chi connectivity index (χ3n) is 2.84. The molecule has 1 aliphatic heterocycles. The molecule has 17 heavy (non-hydrogen) atoms. The Kier molecular flexibility index (Phi) is 5.35. The van der Waals surface area contributed by atoms with Gasteiger partial charge < -0.3 is 9.84 Å². The Morgan fingerprint density at radius 2 is 2.24 bits per heavy atom. The van der Waals surface area contributed by atoms with Gasteiger partial charge in [0.2, 0.25) is 10.0 Å². The lowest BCUT2D eigenvalue weighted by atomic mass is 10.1. The van der Waals surface area contributed by atoms with Gasteiger partial charge in [0.15, 0.2) is 0 Å². The molecule has 100 valence electrons. The van der Waals surface area contributed by atoms with Crippen molar-refractivity contribution in [3.8, 4) is 0 Å². The van der Waals surface area contributed by atoms with Crippen molar-refractivity contribution in [3.63, 3.8) is 0 Å². The van der Waals surface area contributed by atoms with Crippen LogP contribution in [0.5, 0.6) is 0 Å². The third-order valence-corrected chi connectivity index (χ3v) is 4.76. The minimum atomic E-state index is -3.29. The number of rotatable bonds is 7. The summed E-state index contributed by atoms with van der Waals surface area (Å²) in [6.07, 6.45) is 0.879. The second-order valence-corrected chi connectivity index (χ2v) is 6.37. The fraction of sp³-hybridized carbons (Fsp3) is 0.900. The zero-order valence-corrected chi connectivity index (χ0v) is 10.8. The van der Waals surface area contributed by atoms with Gasteiger partial charge in [0.05, 0.1) is 12.4 Å². The highest BCUT2D eigenvalue weighted by Crippen LogP contribution is 2.20. The Morgan fingerprint density at radius 3 is 2.82 bits per heavy atom. The van der Waals surface area contributed by atoms with E-state index in [-0.39, 0.29) is 24.5 Å². The van der Waals surface area contributed by atoms with Crippen molar-refractivity contribution in [3.05, 3.63) is 0 Å². The van der Waals surface area contributed by atoms with Crippen molar-refractivity contribution >= 4 is 16.0 Å². The van der Waals surface area contributed by atoms with E-state index in [1.807, 2.05) is 0 Å². The summed E-state index contributed by atoms with van der Waals surface area (Å²) in [4.78, 5) is 10.3. The molecule has 1 rings (SSSR count). The highest BCUT2D eigenvalue weighted by molar-refractivity contribution is 7.89. The molecule has 0 saturated carbocycles. The molecule has 1 unspecified atom stereocenters. The lowest BCUT2D eigenvalue weighted by molar-refractivity contribution is -0.137. The number of hydrogen-bond acceptors (Lipinski definition) is 4. The summed E-state index contributed by atoms with van der Waals surface area (Å²) in [7, 11) is -1.69. The van der Waals surface area contributed by atoms with Crippen molar-refractivity contribution in [1.29, 1.82) is 0 Å². The van der Waals surface area contributed by atoms with E-state index in [4.69, 9.17) is 9.84 Å². The van der Waals surface area contributed by atoms with Crippen molar-refractivity contribution in [2.24, 2.45) is 5.92 Å². The standard InChI is InChI=1S/C10H19NO5S/c1-16-8-9-4-5-11(7-9)17(14,15)6-2-3-10(12)13/h9H,2-8H2,1H3,(H,12,13). The van der Waals surface area contributed by atoms with E-state index in [2.05, 4.69) is 0 Å². The van der Waals surface area contributed by atoms with Crippen LogP contribution in [0.2, 0.25) is 0 Å². The largest absolute Gasteiger partial charge is 0.481 e. The summed E-state index contributed by atoms with van der Waals surface area (Å²) < 4.78 is 30.2. The minimum absolute atomic E-state index is 0.0843. The molecular weight excluding hydrogens is 246 g/mol. The van der Waals surface area contributed by atoms with E-state index >= 15 is 0 Å². The molecule has 0 aliphatic carbocycles. The van der Waals surface area contributed by atoms with E-state index < -0.39 is 16.0 Å². The fourth-order valence-electron chi connectivity index (χ4n) is 1.96. The van der Waals surface area contributed by atoms with Gasteiger partial charge in [-0.15, -0.1) is 0 Å². The maximum atomic E-state index is 11.9. The first-order chi connectivity index (χ1) is 7.95. The molecule has 0 aromatic carbocycles. The molecule has 0 amide bonds. The number of aliphatic carboxylic acids is 1. The number of carboxylic acid groups (broad SMARTS) is 1. The third kappa shape index (κ3) is 4.61. The minimum Gasteiger partial charge on any atom is -0.481 e. The Hall–Kier alpha value is -0.660. The molecule has 1 saturated heterocycles. The second-order valence-electron chi connectivity index (χ2n) is 4.28.